The first-order valence-corrected chi connectivity index (χ1v) is 8.13. The highest BCUT2D eigenvalue weighted by atomic mass is 35.5. The van der Waals surface area contributed by atoms with Gasteiger partial charge in [-0.15, -0.1) is 0 Å². The fraction of sp³-hybridized carbons (Fsp3) is 0.316. The Morgan fingerprint density at radius 3 is 2.48 bits per heavy atom. The normalized spacial score (nSPS) is 11.8. The van der Waals surface area contributed by atoms with Crippen molar-refractivity contribution in [2.45, 2.75) is 32.9 Å². The number of carbonyl (C=O) groups is 1. The quantitative estimate of drug-likeness (QED) is 0.788. The first kappa shape index (κ1) is 17.4. The molecule has 1 unspecified atom stereocenters. The van der Waals surface area contributed by atoms with Crippen LogP contribution in [0.15, 0.2) is 48.5 Å². The number of halogens is 1. The Hall–Kier alpha value is -2.00. The third-order valence-electron chi connectivity index (χ3n) is 3.71. The van der Waals surface area contributed by atoms with Gasteiger partial charge in [-0.2, -0.15) is 0 Å². The Kier molecular flexibility index (Phi) is 6.05. The number of likely N-dealkylation sites (N-methyl/N-ethyl adjacent to an activating group) is 1. The van der Waals surface area contributed by atoms with E-state index in [2.05, 4.69) is 6.92 Å². The summed E-state index contributed by atoms with van der Waals surface area (Å²) < 4.78 is 5.86. The minimum Gasteiger partial charge on any atom is -0.481 e. The van der Waals surface area contributed by atoms with Crippen LogP contribution in [-0.2, 0) is 17.8 Å². The predicted octanol–water partition coefficient (Wildman–Crippen LogP) is 4.33. The smallest absolute Gasteiger partial charge is 0.263 e. The van der Waals surface area contributed by atoms with E-state index in [4.69, 9.17) is 16.3 Å². The fourth-order valence-electron chi connectivity index (χ4n) is 2.40. The van der Waals surface area contributed by atoms with Crippen molar-refractivity contribution < 1.29 is 9.53 Å². The van der Waals surface area contributed by atoms with Crippen molar-refractivity contribution in [2.24, 2.45) is 0 Å². The summed E-state index contributed by atoms with van der Waals surface area (Å²) in [5, 5.41) is 0.690. The van der Waals surface area contributed by atoms with Gasteiger partial charge < -0.3 is 9.64 Å². The number of para-hydroxylation sites is 1. The summed E-state index contributed by atoms with van der Waals surface area (Å²) >= 11 is 5.88. The molecule has 23 heavy (non-hydrogen) atoms. The van der Waals surface area contributed by atoms with Gasteiger partial charge in [-0.25, -0.2) is 0 Å². The average Bonchev–Trinajstić information content (AvgIpc) is 2.56. The van der Waals surface area contributed by atoms with E-state index in [0.29, 0.717) is 11.6 Å². The third kappa shape index (κ3) is 4.73. The molecule has 0 aliphatic rings. The molecule has 0 aromatic heterocycles. The maximum Gasteiger partial charge on any atom is 0.263 e. The maximum atomic E-state index is 12.5. The van der Waals surface area contributed by atoms with Crippen LogP contribution in [0.25, 0.3) is 0 Å². The Labute approximate surface area is 142 Å². The van der Waals surface area contributed by atoms with Gasteiger partial charge in [0.2, 0.25) is 0 Å². The highest BCUT2D eigenvalue weighted by Crippen LogP contribution is 2.20. The minimum atomic E-state index is -0.528. The third-order valence-corrected chi connectivity index (χ3v) is 3.97. The van der Waals surface area contributed by atoms with E-state index in [1.165, 1.54) is 0 Å². The Morgan fingerprint density at radius 1 is 1.17 bits per heavy atom. The zero-order chi connectivity index (χ0) is 16.8. The van der Waals surface area contributed by atoms with Crippen molar-refractivity contribution in [3.05, 3.63) is 64.7 Å². The van der Waals surface area contributed by atoms with Crippen molar-refractivity contribution in [3.8, 4) is 5.75 Å². The molecule has 0 N–H and O–H groups in total. The summed E-state index contributed by atoms with van der Waals surface area (Å²) in [5.74, 6) is 0.724. The molecule has 0 fully saturated rings. The lowest BCUT2D eigenvalue weighted by atomic mass is 10.1. The number of benzene rings is 2. The van der Waals surface area contributed by atoms with E-state index < -0.39 is 6.10 Å². The molecule has 0 saturated carbocycles. The molecule has 2 rings (SSSR count). The highest BCUT2D eigenvalue weighted by Gasteiger charge is 2.20. The van der Waals surface area contributed by atoms with Crippen LogP contribution in [0.3, 0.4) is 0 Å². The number of aryl methyl sites for hydroxylation is 1. The zero-order valence-electron chi connectivity index (χ0n) is 13.8. The lowest BCUT2D eigenvalue weighted by Crippen LogP contribution is -2.37. The highest BCUT2D eigenvalue weighted by molar-refractivity contribution is 6.30. The van der Waals surface area contributed by atoms with Crippen LogP contribution in [0.2, 0.25) is 5.02 Å². The molecule has 2 aromatic carbocycles. The molecule has 1 amide bonds. The summed E-state index contributed by atoms with van der Waals surface area (Å²) in [7, 11) is 1.78. The number of amides is 1. The van der Waals surface area contributed by atoms with Crippen LogP contribution in [0.5, 0.6) is 5.75 Å². The van der Waals surface area contributed by atoms with Crippen LogP contribution in [-0.4, -0.2) is 24.0 Å². The number of hydrogen-bond donors (Lipinski definition) is 0. The molecule has 0 heterocycles. The van der Waals surface area contributed by atoms with E-state index in [9.17, 15) is 4.79 Å². The van der Waals surface area contributed by atoms with Crippen molar-refractivity contribution in [1.82, 2.24) is 4.90 Å². The van der Waals surface area contributed by atoms with E-state index in [0.717, 1.165) is 23.3 Å². The van der Waals surface area contributed by atoms with Gasteiger partial charge in [0.25, 0.3) is 5.91 Å². The molecule has 3 nitrogen and oxygen atoms in total. The predicted molar refractivity (Wildman–Crippen MR) is 93.8 cm³/mol. The van der Waals surface area contributed by atoms with E-state index >= 15 is 0 Å². The summed E-state index contributed by atoms with van der Waals surface area (Å²) in [6, 6.07) is 15.3. The zero-order valence-corrected chi connectivity index (χ0v) is 14.5. The first-order chi connectivity index (χ1) is 11.0. The number of ether oxygens (including phenoxy) is 1. The van der Waals surface area contributed by atoms with Crippen molar-refractivity contribution in [2.75, 3.05) is 7.05 Å². The van der Waals surface area contributed by atoms with Gasteiger partial charge in [0.05, 0.1) is 0 Å². The molecule has 122 valence electrons. The second-order valence-corrected chi connectivity index (χ2v) is 5.98. The van der Waals surface area contributed by atoms with Crippen LogP contribution in [0.1, 0.15) is 25.0 Å². The standard InChI is InChI=1S/C19H22ClNO2/c1-4-16-7-5-6-8-18(16)23-14(2)19(22)21(3)13-15-9-11-17(20)12-10-15/h5-12,14H,4,13H2,1-3H3. The van der Waals surface area contributed by atoms with E-state index in [-0.39, 0.29) is 5.91 Å². The monoisotopic (exact) mass is 331 g/mol. The first-order valence-electron chi connectivity index (χ1n) is 7.75. The van der Waals surface area contributed by atoms with E-state index in [1.807, 2.05) is 48.5 Å². The van der Waals surface area contributed by atoms with E-state index in [1.54, 1.807) is 18.9 Å². The van der Waals surface area contributed by atoms with Gasteiger partial charge in [0, 0.05) is 18.6 Å². The number of hydrogen-bond acceptors (Lipinski definition) is 2. The van der Waals surface area contributed by atoms with Crippen LogP contribution in [0.4, 0.5) is 0 Å². The molecule has 0 bridgehead atoms. The largest absolute Gasteiger partial charge is 0.481 e. The average molecular weight is 332 g/mol. The molecule has 0 radical (unpaired) electrons. The molecular formula is C19H22ClNO2. The molecule has 2 aromatic rings. The molecule has 1 atom stereocenters. The lowest BCUT2D eigenvalue weighted by molar-refractivity contribution is -0.137. The van der Waals surface area contributed by atoms with Gasteiger partial charge in [-0.05, 0) is 42.7 Å². The molecule has 0 aliphatic heterocycles. The van der Waals surface area contributed by atoms with Crippen molar-refractivity contribution in [1.29, 1.82) is 0 Å². The summed E-state index contributed by atoms with van der Waals surface area (Å²) in [6.07, 6.45) is 0.345. The van der Waals surface area contributed by atoms with Crippen molar-refractivity contribution >= 4 is 17.5 Å². The number of nitrogens with zero attached hydrogens (tertiary/aromatic N) is 1. The van der Waals surface area contributed by atoms with Gasteiger partial charge in [0.1, 0.15) is 5.75 Å². The fourth-order valence-corrected chi connectivity index (χ4v) is 2.53. The topological polar surface area (TPSA) is 29.5 Å². The molecule has 0 spiro atoms. The number of rotatable bonds is 6. The second kappa shape index (κ2) is 8.02. The Balaban J connectivity index is 1.99. The summed E-state index contributed by atoms with van der Waals surface area (Å²) in [6.45, 7) is 4.38. The van der Waals surface area contributed by atoms with Crippen molar-refractivity contribution in [3.63, 3.8) is 0 Å². The van der Waals surface area contributed by atoms with Gasteiger partial charge in [-0.1, -0.05) is 48.9 Å². The lowest BCUT2D eigenvalue weighted by Gasteiger charge is -2.23. The second-order valence-electron chi connectivity index (χ2n) is 5.54. The van der Waals surface area contributed by atoms with Gasteiger partial charge in [0.15, 0.2) is 6.10 Å². The SMILES string of the molecule is CCc1ccccc1OC(C)C(=O)N(C)Cc1ccc(Cl)cc1. The maximum absolute atomic E-state index is 12.5. The Bertz CT molecular complexity index is 655. The van der Waals surface area contributed by atoms with Gasteiger partial charge >= 0.3 is 0 Å². The van der Waals surface area contributed by atoms with Crippen LogP contribution >= 0.6 is 11.6 Å². The minimum absolute atomic E-state index is 0.0501. The Morgan fingerprint density at radius 2 is 1.83 bits per heavy atom. The van der Waals surface area contributed by atoms with Crippen LogP contribution in [0, 0.1) is 0 Å². The summed E-state index contributed by atoms with van der Waals surface area (Å²) in [4.78, 5) is 14.2. The molecular weight excluding hydrogens is 310 g/mol. The molecule has 0 saturated heterocycles. The molecule has 0 aliphatic carbocycles. The van der Waals surface area contributed by atoms with Crippen LogP contribution < -0.4 is 4.74 Å². The molecule has 4 heteroatoms. The summed E-state index contributed by atoms with van der Waals surface area (Å²) in [5.41, 5.74) is 2.14. The van der Waals surface area contributed by atoms with Gasteiger partial charge in [-0.3, -0.25) is 4.79 Å². The number of carbonyl (C=O) groups excluding carboxylic acids is 1.